The third kappa shape index (κ3) is 6.44. The highest BCUT2D eigenvalue weighted by Crippen LogP contribution is 2.45. The Morgan fingerprint density at radius 1 is 0.333 bits per heavy atom. The molecule has 0 unspecified atom stereocenters. The number of rotatable bonds is 8. The van der Waals surface area contributed by atoms with Gasteiger partial charge in [0.1, 0.15) is 0 Å². The molecule has 0 spiro atoms. The van der Waals surface area contributed by atoms with Gasteiger partial charge >= 0.3 is 0 Å². The van der Waals surface area contributed by atoms with Gasteiger partial charge < -0.3 is 9.47 Å². The Bertz CT molecular complexity index is 3510. The van der Waals surface area contributed by atoms with Crippen molar-refractivity contribution in [2.45, 2.75) is 0 Å². The average molecular weight is 824 g/mol. The normalized spacial score (nSPS) is 11.5. The van der Waals surface area contributed by atoms with Crippen LogP contribution in [0.5, 0.6) is 0 Å². The van der Waals surface area contributed by atoms with Gasteiger partial charge in [0.25, 0.3) is 0 Å². The first-order valence-corrected chi connectivity index (χ1v) is 21.9. The predicted molar refractivity (Wildman–Crippen MR) is 263 cm³/mol. The average Bonchev–Trinajstić information content (AvgIpc) is 3.91. The van der Waals surface area contributed by atoms with Crippen LogP contribution in [0.3, 0.4) is 0 Å². The molecule has 0 saturated heterocycles. The first-order valence-electron chi connectivity index (χ1n) is 21.1. The van der Waals surface area contributed by atoms with Crippen molar-refractivity contribution in [3.05, 3.63) is 224 Å². The molecule has 63 heavy (non-hydrogen) atoms. The maximum absolute atomic E-state index is 5.12. The zero-order valence-corrected chi connectivity index (χ0v) is 34.8. The summed E-state index contributed by atoms with van der Waals surface area (Å²) in [6, 6.07) is 79.2. The number of benzene rings is 9. The van der Waals surface area contributed by atoms with Crippen LogP contribution in [-0.2, 0) is 0 Å². The summed E-state index contributed by atoms with van der Waals surface area (Å²) in [5.74, 6) is 1.96. The van der Waals surface area contributed by atoms with Crippen molar-refractivity contribution in [3.8, 4) is 51.0 Å². The highest BCUT2D eigenvalue weighted by atomic mass is 32.1. The lowest BCUT2D eigenvalue weighted by atomic mass is 10.0. The number of aromatic nitrogens is 4. The molecule has 12 aromatic rings. The molecule has 296 valence electrons. The van der Waals surface area contributed by atoms with E-state index in [0.29, 0.717) is 17.5 Å². The fourth-order valence-electron chi connectivity index (χ4n) is 8.90. The summed E-state index contributed by atoms with van der Waals surface area (Å²) < 4.78 is 4.80. The lowest BCUT2D eigenvalue weighted by Crippen LogP contribution is -2.09. The molecule has 0 N–H and O–H groups in total. The van der Waals surface area contributed by atoms with Gasteiger partial charge in [-0.25, -0.2) is 15.0 Å². The van der Waals surface area contributed by atoms with E-state index in [1.165, 1.54) is 48.4 Å². The van der Waals surface area contributed by atoms with Crippen molar-refractivity contribution >= 4 is 70.4 Å². The first-order chi connectivity index (χ1) is 31.2. The van der Waals surface area contributed by atoms with E-state index >= 15 is 0 Å². The molecule has 12 rings (SSSR count). The second kappa shape index (κ2) is 15.4. The summed E-state index contributed by atoms with van der Waals surface area (Å²) in [6.45, 7) is 0. The largest absolute Gasteiger partial charge is 0.311 e. The molecular formula is C57H37N5S. The number of hydrogen-bond donors (Lipinski definition) is 0. The Kier molecular flexibility index (Phi) is 8.94. The van der Waals surface area contributed by atoms with E-state index in [1.54, 1.807) is 11.3 Å². The first kappa shape index (κ1) is 36.6. The van der Waals surface area contributed by atoms with Crippen molar-refractivity contribution in [2.75, 3.05) is 4.90 Å². The third-order valence-electron chi connectivity index (χ3n) is 11.8. The van der Waals surface area contributed by atoms with Gasteiger partial charge in [0.15, 0.2) is 17.5 Å². The number of anilines is 3. The number of thiophene rings is 1. The molecule has 0 amide bonds. The van der Waals surface area contributed by atoms with E-state index in [-0.39, 0.29) is 0 Å². The number of para-hydroxylation sites is 3. The maximum atomic E-state index is 5.12. The van der Waals surface area contributed by atoms with Gasteiger partial charge in [0.05, 0.1) is 21.4 Å². The molecule has 0 bridgehead atoms. The van der Waals surface area contributed by atoms with Crippen LogP contribution in [0.25, 0.3) is 93.0 Å². The van der Waals surface area contributed by atoms with Crippen molar-refractivity contribution in [2.24, 2.45) is 0 Å². The minimum atomic E-state index is 0.653. The molecular weight excluding hydrogens is 787 g/mol. The van der Waals surface area contributed by atoms with Crippen molar-refractivity contribution in [1.82, 2.24) is 19.5 Å². The second-order valence-electron chi connectivity index (χ2n) is 15.6. The van der Waals surface area contributed by atoms with Gasteiger partial charge in [0.2, 0.25) is 0 Å². The van der Waals surface area contributed by atoms with Crippen LogP contribution in [0.2, 0.25) is 0 Å². The highest BCUT2D eigenvalue weighted by Gasteiger charge is 2.21. The molecule has 9 aromatic carbocycles. The van der Waals surface area contributed by atoms with Crippen LogP contribution >= 0.6 is 11.3 Å². The molecule has 0 saturated carbocycles. The van der Waals surface area contributed by atoms with Crippen molar-refractivity contribution < 1.29 is 0 Å². The van der Waals surface area contributed by atoms with Crippen LogP contribution in [0.1, 0.15) is 0 Å². The van der Waals surface area contributed by atoms with Gasteiger partial charge in [0, 0.05) is 60.0 Å². The molecule has 0 fully saturated rings. The summed E-state index contributed by atoms with van der Waals surface area (Å²) in [5, 5.41) is 4.82. The van der Waals surface area contributed by atoms with E-state index < -0.39 is 0 Å². The summed E-state index contributed by atoms with van der Waals surface area (Å²) >= 11 is 1.80. The molecule has 0 radical (unpaired) electrons. The summed E-state index contributed by atoms with van der Waals surface area (Å²) in [5.41, 5.74) is 12.1. The van der Waals surface area contributed by atoms with Crippen LogP contribution in [0, 0.1) is 0 Å². The topological polar surface area (TPSA) is 46.8 Å². The van der Waals surface area contributed by atoms with Gasteiger partial charge in [-0.05, 0) is 77.9 Å². The van der Waals surface area contributed by atoms with Crippen molar-refractivity contribution in [1.29, 1.82) is 0 Å². The maximum Gasteiger partial charge on any atom is 0.165 e. The van der Waals surface area contributed by atoms with Crippen molar-refractivity contribution in [3.63, 3.8) is 0 Å². The Hall–Kier alpha value is -8.19. The third-order valence-corrected chi connectivity index (χ3v) is 13.1. The lowest BCUT2D eigenvalue weighted by Gasteiger charge is -2.25. The summed E-state index contributed by atoms with van der Waals surface area (Å²) in [4.78, 5) is 17.5. The van der Waals surface area contributed by atoms with E-state index in [0.717, 1.165) is 44.1 Å². The molecule has 3 heterocycles. The van der Waals surface area contributed by atoms with Gasteiger partial charge in [-0.3, -0.25) is 0 Å². The van der Waals surface area contributed by atoms with Crippen LogP contribution in [-0.4, -0.2) is 19.5 Å². The molecule has 3 aromatic heterocycles. The smallest absolute Gasteiger partial charge is 0.165 e. The molecule has 0 aliphatic heterocycles. The number of hydrogen-bond acceptors (Lipinski definition) is 5. The SMILES string of the molecule is c1ccc(-c2nc(-c3ccccc3)nc(-c3cccc4c3sc3c(-n5c6ccccc6c6cc(-c7ccc(N(c8ccccc8)c8ccccc8)cc7)ccc65)cccc34)n2)cc1. The van der Waals surface area contributed by atoms with E-state index in [4.69, 9.17) is 15.0 Å². The minimum Gasteiger partial charge on any atom is -0.311 e. The fourth-order valence-corrected chi connectivity index (χ4v) is 10.2. The Labute approximate surface area is 368 Å². The van der Waals surface area contributed by atoms with Gasteiger partial charge in [-0.2, -0.15) is 0 Å². The monoisotopic (exact) mass is 823 g/mol. The summed E-state index contributed by atoms with van der Waals surface area (Å²) in [6.07, 6.45) is 0. The van der Waals surface area contributed by atoms with E-state index in [9.17, 15) is 0 Å². The van der Waals surface area contributed by atoms with Gasteiger partial charge in [-0.1, -0.05) is 158 Å². The predicted octanol–water partition coefficient (Wildman–Crippen LogP) is 15.5. The zero-order valence-electron chi connectivity index (χ0n) is 34.0. The fraction of sp³-hybridized carbons (Fsp3) is 0. The standard InChI is InChI=1S/C57H37N5S/c1-5-17-39(18-6-1)55-58-56(40-19-7-2-8-20-40)60-57(59-55)48-28-15-26-46-47-27-16-30-52(54(47)63-53(46)48)62-50-29-14-13-25-45(50)49-37-41(33-36-51(49)62)38-31-34-44(35-32-38)61(42-21-9-3-10-22-42)43-23-11-4-12-24-43/h1-37H. The van der Waals surface area contributed by atoms with Crippen LogP contribution in [0.4, 0.5) is 17.1 Å². The second-order valence-corrected chi connectivity index (χ2v) is 16.6. The highest BCUT2D eigenvalue weighted by molar-refractivity contribution is 7.26. The number of fused-ring (bicyclic) bond motifs is 6. The summed E-state index contributed by atoms with van der Waals surface area (Å²) in [7, 11) is 0. The number of nitrogens with zero attached hydrogens (tertiary/aromatic N) is 5. The van der Waals surface area contributed by atoms with E-state index in [1.807, 2.05) is 36.4 Å². The zero-order chi connectivity index (χ0) is 41.7. The molecule has 0 aliphatic carbocycles. The van der Waals surface area contributed by atoms with Gasteiger partial charge in [-0.15, -0.1) is 11.3 Å². The van der Waals surface area contributed by atoms with Crippen LogP contribution < -0.4 is 4.90 Å². The molecule has 0 aliphatic rings. The minimum absolute atomic E-state index is 0.653. The molecule has 5 nitrogen and oxygen atoms in total. The Morgan fingerprint density at radius 3 is 1.48 bits per heavy atom. The quantitative estimate of drug-likeness (QED) is 0.153. The van der Waals surface area contributed by atoms with E-state index in [2.05, 4.69) is 198 Å². The molecule has 0 atom stereocenters. The Balaban J connectivity index is 0.981. The van der Waals surface area contributed by atoms with Crippen LogP contribution in [0.15, 0.2) is 224 Å². The Morgan fingerprint density at radius 2 is 0.825 bits per heavy atom. The molecule has 6 heteroatoms. The lowest BCUT2D eigenvalue weighted by molar-refractivity contribution is 1.08.